The van der Waals surface area contributed by atoms with Gasteiger partial charge in [0.1, 0.15) is 6.04 Å². The average Bonchev–Trinajstić information content (AvgIpc) is 3.04. The molecule has 0 bridgehead atoms. The minimum Gasteiger partial charge on any atom is -0.480 e. The first kappa shape index (κ1) is 13.8. The number of rotatable bonds is 7. The van der Waals surface area contributed by atoms with Gasteiger partial charge in [0.25, 0.3) is 0 Å². The largest absolute Gasteiger partial charge is 0.480 e. The second kappa shape index (κ2) is 5.89. The molecule has 17 heavy (non-hydrogen) atoms. The number of hydrogen-bond donors (Lipinski definition) is 3. The number of carbonyl (C=O) groups excluding carboxylic acids is 1. The van der Waals surface area contributed by atoms with E-state index < -0.39 is 12.0 Å². The number of carboxylic acids is 1. The van der Waals surface area contributed by atoms with Crippen LogP contribution in [0.25, 0.3) is 0 Å². The Morgan fingerprint density at radius 1 is 1.35 bits per heavy atom. The molecule has 0 aromatic heterocycles. The highest BCUT2D eigenvalue weighted by Crippen LogP contribution is 2.48. The second-order valence-electron chi connectivity index (χ2n) is 4.88. The molecule has 0 heterocycles. The van der Waals surface area contributed by atoms with Crippen molar-refractivity contribution in [3.8, 4) is 0 Å². The maximum absolute atomic E-state index is 11.5. The van der Waals surface area contributed by atoms with Gasteiger partial charge in [-0.2, -0.15) is 0 Å². The SMILES string of the molecule is CCCC1(CNC(=O)NC(CC)C(=O)O)CC1. The molecule has 5 nitrogen and oxygen atoms in total. The Bertz CT molecular complexity index is 287. The van der Waals surface area contributed by atoms with Crippen LogP contribution in [0.5, 0.6) is 0 Å². The number of urea groups is 1. The van der Waals surface area contributed by atoms with E-state index in [2.05, 4.69) is 17.6 Å². The van der Waals surface area contributed by atoms with Crippen LogP contribution in [0.2, 0.25) is 0 Å². The number of aliphatic carboxylic acids is 1. The highest BCUT2D eigenvalue weighted by molar-refractivity contribution is 5.82. The predicted octanol–water partition coefficient (Wildman–Crippen LogP) is 1.73. The average molecular weight is 242 g/mol. The lowest BCUT2D eigenvalue weighted by Crippen LogP contribution is -2.47. The van der Waals surface area contributed by atoms with E-state index >= 15 is 0 Å². The lowest BCUT2D eigenvalue weighted by molar-refractivity contribution is -0.139. The van der Waals surface area contributed by atoms with Gasteiger partial charge in [-0.1, -0.05) is 20.3 Å². The third-order valence-corrected chi connectivity index (χ3v) is 3.37. The van der Waals surface area contributed by atoms with E-state index in [-0.39, 0.29) is 11.4 Å². The Labute approximate surface area is 102 Å². The van der Waals surface area contributed by atoms with Crippen molar-refractivity contribution in [2.75, 3.05) is 6.54 Å². The standard InChI is InChI=1S/C12H22N2O3/c1-3-5-12(6-7-12)8-13-11(17)14-9(4-2)10(15)16/h9H,3-8H2,1-2H3,(H,15,16)(H2,13,14,17). The van der Waals surface area contributed by atoms with Gasteiger partial charge in [0, 0.05) is 6.54 Å². The van der Waals surface area contributed by atoms with E-state index in [1.54, 1.807) is 6.92 Å². The van der Waals surface area contributed by atoms with E-state index in [0.29, 0.717) is 13.0 Å². The predicted molar refractivity (Wildman–Crippen MR) is 64.8 cm³/mol. The van der Waals surface area contributed by atoms with Gasteiger partial charge in [0.05, 0.1) is 0 Å². The van der Waals surface area contributed by atoms with Crippen molar-refractivity contribution >= 4 is 12.0 Å². The van der Waals surface area contributed by atoms with Crippen LogP contribution >= 0.6 is 0 Å². The zero-order chi connectivity index (χ0) is 12.9. The molecule has 3 N–H and O–H groups in total. The molecule has 0 aliphatic heterocycles. The normalized spacial score (nSPS) is 18.2. The molecule has 1 rings (SSSR count). The molecule has 1 unspecified atom stereocenters. The molecule has 0 spiro atoms. The number of carboxylic acid groups (broad SMARTS) is 1. The maximum atomic E-state index is 11.5. The Hall–Kier alpha value is -1.26. The van der Waals surface area contributed by atoms with E-state index in [0.717, 1.165) is 25.7 Å². The van der Waals surface area contributed by atoms with Gasteiger partial charge in [-0.05, 0) is 31.1 Å². The van der Waals surface area contributed by atoms with E-state index in [1.807, 2.05) is 0 Å². The zero-order valence-electron chi connectivity index (χ0n) is 10.6. The summed E-state index contributed by atoms with van der Waals surface area (Å²) in [6.45, 7) is 4.53. The summed E-state index contributed by atoms with van der Waals surface area (Å²) in [5.41, 5.74) is 0.289. The molecule has 1 aliphatic carbocycles. The fraction of sp³-hybridized carbons (Fsp3) is 0.833. The quantitative estimate of drug-likeness (QED) is 0.636. The third kappa shape index (κ3) is 4.24. The number of nitrogens with one attached hydrogen (secondary N) is 2. The number of hydrogen-bond acceptors (Lipinski definition) is 2. The number of amides is 2. The first-order valence-electron chi connectivity index (χ1n) is 6.30. The Morgan fingerprint density at radius 2 is 2.00 bits per heavy atom. The molecular weight excluding hydrogens is 220 g/mol. The number of carbonyl (C=O) groups is 2. The zero-order valence-corrected chi connectivity index (χ0v) is 10.6. The molecule has 0 radical (unpaired) electrons. The summed E-state index contributed by atoms with van der Waals surface area (Å²) >= 11 is 0. The van der Waals surface area contributed by atoms with Crippen LogP contribution in [0.15, 0.2) is 0 Å². The van der Waals surface area contributed by atoms with Gasteiger partial charge in [0.2, 0.25) is 0 Å². The fourth-order valence-electron chi connectivity index (χ4n) is 2.04. The van der Waals surface area contributed by atoms with Crippen LogP contribution in [0.4, 0.5) is 4.79 Å². The van der Waals surface area contributed by atoms with Gasteiger partial charge in [-0.25, -0.2) is 9.59 Å². The monoisotopic (exact) mass is 242 g/mol. The smallest absolute Gasteiger partial charge is 0.326 e. The summed E-state index contributed by atoms with van der Waals surface area (Å²) < 4.78 is 0. The van der Waals surface area contributed by atoms with Crippen LogP contribution < -0.4 is 10.6 Å². The van der Waals surface area contributed by atoms with Gasteiger partial charge < -0.3 is 15.7 Å². The second-order valence-corrected chi connectivity index (χ2v) is 4.88. The van der Waals surface area contributed by atoms with Crippen LogP contribution in [-0.2, 0) is 4.79 Å². The van der Waals surface area contributed by atoms with Crippen molar-refractivity contribution in [3.63, 3.8) is 0 Å². The molecule has 0 saturated heterocycles. The summed E-state index contributed by atoms with van der Waals surface area (Å²) in [7, 11) is 0. The summed E-state index contributed by atoms with van der Waals surface area (Å²) in [6, 6.07) is -1.17. The van der Waals surface area contributed by atoms with Gasteiger partial charge in [0.15, 0.2) is 0 Å². The molecule has 2 amide bonds. The molecule has 1 saturated carbocycles. The summed E-state index contributed by atoms with van der Waals surface area (Å²) in [5.74, 6) is -0.989. The highest BCUT2D eigenvalue weighted by atomic mass is 16.4. The summed E-state index contributed by atoms with van der Waals surface area (Å²) in [6.07, 6.45) is 4.97. The van der Waals surface area contributed by atoms with Gasteiger partial charge in [-0.3, -0.25) is 0 Å². The third-order valence-electron chi connectivity index (χ3n) is 3.37. The van der Waals surface area contributed by atoms with Gasteiger partial charge in [-0.15, -0.1) is 0 Å². The molecule has 1 fully saturated rings. The Balaban J connectivity index is 2.28. The van der Waals surface area contributed by atoms with Crippen molar-refractivity contribution in [3.05, 3.63) is 0 Å². The van der Waals surface area contributed by atoms with Crippen molar-refractivity contribution < 1.29 is 14.7 Å². The van der Waals surface area contributed by atoms with Crippen LogP contribution in [0, 0.1) is 5.41 Å². The van der Waals surface area contributed by atoms with Crippen LogP contribution in [-0.4, -0.2) is 29.7 Å². The van der Waals surface area contributed by atoms with Crippen molar-refractivity contribution in [2.24, 2.45) is 5.41 Å². The van der Waals surface area contributed by atoms with Gasteiger partial charge >= 0.3 is 12.0 Å². The summed E-state index contributed by atoms with van der Waals surface area (Å²) in [5, 5.41) is 14.0. The molecule has 5 heteroatoms. The maximum Gasteiger partial charge on any atom is 0.326 e. The van der Waals surface area contributed by atoms with Crippen LogP contribution in [0.1, 0.15) is 46.0 Å². The minimum atomic E-state index is -0.989. The highest BCUT2D eigenvalue weighted by Gasteiger charge is 2.41. The topological polar surface area (TPSA) is 78.4 Å². The lowest BCUT2D eigenvalue weighted by Gasteiger charge is -2.17. The van der Waals surface area contributed by atoms with E-state index in [1.165, 1.54) is 0 Å². The summed E-state index contributed by atoms with van der Waals surface area (Å²) in [4.78, 5) is 22.2. The molecule has 1 aliphatic rings. The van der Waals surface area contributed by atoms with E-state index in [9.17, 15) is 9.59 Å². The molecular formula is C12H22N2O3. The molecule has 0 aromatic rings. The van der Waals surface area contributed by atoms with Crippen molar-refractivity contribution in [1.82, 2.24) is 10.6 Å². The minimum absolute atomic E-state index is 0.289. The Morgan fingerprint density at radius 3 is 2.41 bits per heavy atom. The Kier molecular flexibility index (Phi) is 4.78. The van der Waals surface area contributed by atoms with Crippen LogP contribution in [0.3, 0.4) is 0 Å². The van der Waals surface area contributed by atoms with E-state index in [4.69, 9.17) is 5.11 Å². The first-order valence-corrected chi connectivity index (χ1v) is 6.30. The molecule has 98 valence electrons. The lowest BCUT2D eigenvalue weighted by atomic mass is 10.0. The molecule has 0 aromatic carbocycles. The molecule has 1 atom stereocenters. The fourth-order valence-corrected chi connectivity index (χ4v) is 2.04. The van der Waals surface area contributed by atoms with Crippen molar-refractivity contribution in [2.45, 2.75) is 52.0 Å². The van der Waals surface area contributed by atoms with Crippen molar-refractivity contribution in [1.29, 1.82) is 0 Å². The first-order chi connectivity index (χ1) is 8.03.